The van der Waals surface area contributed by atoms with Gasteiger partial charge >= 0.3 is 0 Å². The lowest BCUT2D eigenvalue weighted by Gasteiger charge is -2.16. The molecule has 0 aromatic carbocycles. The molecule has 0 saturated carbocycles. The Labute approximate surface area is 99.9 Å². The molecule has 0 fully saturated rings. The monoisotopic (exact) mass is 250 g/mol. The van der Waals surface area contributed by atoms with Gasteiger partial charge in [0.25, 0.3) is 0 Å². The highest BCUT2D eigenvalue weighted by Gasteiger charge is 2.21. The van der Waals surface area contributed by atoms with Crippen LogP contribution >= 0.6 is 12.0 Å². The van der Waals surface area contributed by atoms with Gasteiger partial charge in [-0.25, -0.2) is 0 Å². The quantitative estimate of drug-likeness (QED) is 0.429. The molecule has 94 valence electrons. The van der Waals surface area contributed by atoms with E-state index in [1.54, 1.807) is 13.2 Å². The molecule has 1 unspecified atom stereocenters. The molecule has 0 aliphatic heterocycles. The summed E-state index contributed by atoms with van der Waals surface area (Å²) in [5, 5.41) is 19.2. The van der Waals surface area contributed by atoms with Gasteiger partial charge in [0, 0.05) is 6.26 Å². The van der Waals surface area contributed by atoms with Crippen LogP contribution in [0.1, 0.15) is 13.8 Å². The third-order valence-corrected chi connectivity index (χ3v) is 2.29. The second kappa shape index (κ2) is 7.29. The van der Waals surface area contributed by atoms with Crippen LogP contribution in [0.3, 0.4) is 0 Å². The lowest BCUT2D eigenvalue weighted by molar-refractivity contribution is 0.147. The van der Waals surface area contributed by atoms with Crippen molar-refractivity contribution in [2.24, 2.45) is 0 Å². The lowest BCUT2D eigenvalue weighted by Crippen LogP contribution is -2.14. The van der Waals surface area contributed by atoms with Crippen LogP contribution in [0.5, 0.6) is 0 Å². The van der Waals surface area contributed by atoms with E-state index in [1.807, 2.05) is 0 Å². The van der Waals surface area contributed by atoms with E-state index in [2.05, 4.69) is 0 Å². The van der Waals surface area contributed by atoms with Crippen LogP contribution < -0.4 is 0 Å². The van der Waals surface area contributed by atoms with Crippen LogP contribution in [-0.4, -0.2) is 36.8 Å². The van der Waals surface area contributed by atoms with Crippen molar-refractivity contribution in [1.29, 1.82) is 0 Å². The molecule has 0 spiro atoms. The first-order chi connectivity index (χ1) is 7.49. The van der Waals surface area contributed by atoms with E-state index in [4.69, 9.17) is 13.7 Å². The third-order valence-electron chi connectivity index (χ3n) is 1.81. The van der Waals surface area contributed by atoms with Crippen molar-refractivity contribution in [2.75, 3.05) is 20.5 Å². The van der Waals surface area contributed by atoms with E-state index >= 15 is 0 Å². The van der Waals surface area contributed by atoms with Gasteiger partial charge in [-0.15, -0.1) is 0 Å². The molecule has 0 amide bonds. The Balaban J connectivity index is 5.22. The van der Waals surface area contributed by atoms with Crippen molar-refractivity contribution in [1.82, 2.24) is 0 Å². The molecule has 2 N–H and O–H groups in total. The molecule has 0 rings (SSSR count). The second-order valence-electron chi connectivity index (χ2n) is 2.94. The number of methoxy groups -OCH3 is 2. The molecule has 5 nitrogen and oxygen atoms in total. The molecular weight excluding hydrogens is 232 g/mol. The number of aliphatic hydroxyl groups excluding tert-OH is 2. The molecule has 0 radical (unpaired) electrons. The summed E-state index contributed by atoms with van der Waals surface area (Å²) in [4.78, 5) is 0. The van der Waals surface area contributed by atoms with Crippen molar-refractivity contribution >= 4 is 12.0 Å². The first kappa shape index (κ1) is 15.0. The maximum atomic E-state index is 9.86. The number of hydrogen-bond donors (Lipinski definition) is 2. The van der Waals surface area contributed by atoms with Gasteiger partial charge in [-0.2, -0.15) is 0 Å². The fourth-order valence-corrected chi connectivity index (χ4v) is 1.55. The van der Waals surface area contributed by atoms with Gasteiger partial charge < -0.3 is 23.9 Å². The summed E-state index contributed by atoms with van der Waals surface area (Å²) < 4.78 is 15.1. The number of ether oxygens (including phenoxy) is 2. The molecule has 0 aromatic rings. The summed E-state index contributed by atoms with van der Waals surface area (Å²) in [5.74, 6) is -0.245. The average molecular weight is 250 g/mol. The minimum Gasteiger partial charge on any atom is -0.509 e. The van der Waals surface area contributed by atoms with Crippen LogP contribution in [0.4, 0.5) is 0 Å². The zero-order valence-corrected chi connectivity index (χ0v) is 10.9. The Hall–Kier alpha value is -1.01. The molecule has 0 heterocycles. The average Bonchev–Trinajstić information content (AvgIpc) is 2.19. The third kappa shape index (κ3) is 3.86. The Morgan fingerprint density at radius 1 is 1.19 bits per heavy atom. The number of allylic oxidation sites excluding steroid dienone is 1. The highest BCUT2D eigenvalue weighted by Crippen LogP contribution is 2.22. The fraction of sp³-hybridized carbons (Fsp3) is 0.600. The second-order valence-corrected chi connectivity index (χ2v) is 3.47. The Morgan fingerprint density at radius 3 is 2.06 bits per heavy atom. The zero-order chi connectivity index (χ0) is 12.7. The SMILES string of the molecule is COC(=C(/C)O)/C(O)=C(/OC)C(C)OSC. The lowest BCUT2D eigenvalue weighted by atomic mass is 10.2. The molecule has 0 bridgehead atoms. The number of rotatable bonds is 6. The molecule has 1 atom stereocenters. The summed E-state index contributed by atoms with van der Waals surface area (Å²) in [6, 6.07) is 0. The van der Waals surface area contributed by atoms with E-state index in [-0.39, 0.29) is 23.0 Å². The van der Waals surface area contributed by atoms with Crippen molar-refractivity contribution in [3.05, 3.63) is 23.0 Å². The van der Waals surface area contributed by atoms with Gasteiger partial charge in [0.15, 0.2) is 5.76 Å². The minimum absolute atomic E-state index is 0.0339. The summed E-state index contributed by atoms with van der Waals surface area (Å²) >= 11 is 1.15. The van der Waals surface area contributed by atoms with Crippen LogP contribution in [0.2, 0.25) is 0 Å². The maximum absolute atomic E-state index is 9.86. The van der Waals surface area contributed by atoms with Gasteiger partial charge in [0.1, 0.15) is 11.9 Å². The van der Waals surface area contributed by atoms with E-state index in [1.165, 1.54) is 21.1 Å². The molecule has 0 aliphatic rings. The van der Waals surface area contributed by atoms with Crippen molar-refractivity contribution in [2.45, 2.75) is 20.0 Å². The highest BCUT2D eigenvalue weighted by atomic mass is 32.2. The maximum Gasteiger partial charge on any atom is 0.202 e. The summed E-state index contributed by atoms with van der Waals surface area (Å²) in [5.41, 5.74) is 0. The van der Waals surface area contributed by atoms with Crippen LogP contribution in [-0.2, 0) is 13.7 Å². The molecule has 6 heteroatoms. The zero-order valence-electron chi connectivity index (χ0n) is 10.1. The number of hydrogen-bond acceptors (Lipinski definition) is 6. The summed E-state index contributed by atoms with van der Waals surface area (Å²) in [6.07, 6.45) is 1.30. The van der Waals surface area contributed by atoms with Gasteiger partial charge in [-0.05, 0) is 25.9 Å². The first-order valence-corrected chi connectivity index (χ1v) is 5.75. The fourth-order valence-electron chi connectivity index (χ4n) is 1.17. The molecular formula is C10H18O5S. The van der Waals surface area contributed by atoms with E-state index < -0.39 is 6.10 Å². The van der Waals surface area contributed by atoms with Crippen LogP contribution in [0.15, 0.2) is 23.0 Å². The smallest absolute Gasteiger partial charge is 0.202 e. The molecule has 16 heavy (non-hydrogen) atoms. The predicted octanol–water partition coefficient (Wildman–Crippen LogP) is 2.52. The van der Waals surface area contributed by atoms with E-state index in [9.17, 15) is 10.2 Å². The molecule has 0 aliphatic carbocycles. The Kier molecular flexibility index (Phi) is 6.83. The first-order valence-electron chi connectivity index (χ1n) is 4.60. The molecule has 0 aromatic heterocycles. The van der Waals surface area contributed by atoms with Crippen LogP contribution in [0.25, 0.3) is 0 Å². The normalized spacial score (nSPS) is 16.1. The predicted molar refractivity (Wildman–Crippen MR) is 63.1 cm³/mol. The Morgan fingerprint density at radius 2 is 1.75 bits per heavy atom. The van der Waals surface area contributed by atoms with Gasteiger partial charge in [-0.1, -0.05) is 0 Å². The van der Waals surface area contributed by atoms with Crippen molar-refractivity contribution in [3.8, 4) is 0 Å². The standard InChI is InChI=1S/C10H18O5S/c1-6(11)9(13-3)8(12)10(14-4)7(2)15-16-5/h7,11-12H,1-5H3/b9-6-,10-8-. The van der Waals surface area contributed by atoms with Crippen molar-refractivity contribution in [3.63, 3.8) is 0 Å². The van der Waals surface area contributed by atoms with Crippen LogP contribution in [0, 0.1) is 0 Å². The van der Waals surface area contributed by atoms with Gasteiger partial charge in [0.05, 0.1) is 14.2 Å². The van der Waals surface area contributed by atoms with E-state index in [0.29, 0.717) is 0 Å². The summed E-state index contributed by atoms with van der Waals surface area (Å²) in [6.45, 7) is 3.12. The Bertz CT molecular complexity index is 281. The van der Waals surface area contributed by atoms with Gasteiger partial charge in [-0.3, -0.25) is 0 Å². The summed E-state index contributed by atoms with van der Waals surface area (Å²) in [7, 11) is 2.75. The van der Waals surface area contributed by atoms with Gasteiger partial charge in [0.2, 0.25) is 11.5 Å². The topological polar surface area (TPSA) is 68.2 Å². The highest BCUT2D eigenvalue weighted by molar-refractivity contribution is 7.93. The van der Waals surface area contributed by atoms with Crippen molar-refractivity contribution < 1.29 is 23.9 Å². The largest absolute Gasteiger partial charge is 0.509 e. The van der Waals surface area contributed by atoms with E-state index in [0.717, 1.165) is 12.0 Å². The minimum atomic E-state index is -0.454. The number of aliphatic hydroxyl groups is 2. The molecule has 0 saturated heterocycles.